The lowest BCUT2D eigenvalue weighted by atomic mass is 10.1. The summed E-state index contributed by atoms with van der Waals surface area (Å²) in [6.07, 6.45) is 2.16. The van der Waals surface area contributed by atoms with Crippen molar-refractivity contribution in [2.24, 2.45) is 0 Å². The van der Waals surface area contributed by atoms with Crippen LogP contribution in [-0.4, -0.2) is 29.0 Å². The molecule has 1 aromatic rings. The zero-order valence-corrected chi connectivity index (χ0v) is 13.3. The van der Waals surface area contributed by atoms with Crippen molar-refractivity contribution in [2.45, 2.75) is 33.4 Å². The molecule has 0 radical (unpaired) electrons. The van der Waals surface area contributed by atoms with Gasteiger partial charge in [0.1, 0.15) is 5.69 Å². The number of fused-ring (bicyclic) bond motifs is 1. The number of nitro groups is 1. The van der Waals surface area contributed by atoms with E-state index in [9.17, 15) is 10.1 Å². The number of hydrogen-bond donors (Lipinski definition) is 1. The SMILES string of the molecule is CC(C)=CCN1Cc2c(Cl)ccc([N+](=O)[O-])c2NC[C@@H]1C. The summed E-state index contributed by atoms with van der Waals surface area (Å²) in [6, 6.07) is 3.34. The molecule has 0 spiro atoms. The van der Waals surface area contributed by atoms with Gasteiger partial charge in [0.2, 0.25) is 0 Å². The predicted octanol–water partition coefficient (Wildman–Crippen LogP) is 3.83. The van der Waals surface area contributed by atoms with E-state index in [0.29, 0.717) is 23.8 Å². The van der Waals surface area contributed by atoms with Crippen molar-refractivity contribution in [1.29, 1.82) is 0 Å². The topological polar surface area (TPSA) is 58.4 Å². The van der Waals surface area contributed by atoms with Gasteiger partial charge >= 0.3 is 0 Å². The van der Waals surface area contributed by atoms with Crippen LogP contribution in [0.3, 0.4) is 0 Å². The molecule has 0 aliphatic carbocycles. The Morgan fingerprint density at radius 2 is 2.29 bits per heavy atom. The molecule has 1 heterocycles. The Bertz CT molecular complexity index is 583. The Hall–Kier alpha value is -1.59. The Morgan fingerprint density at radius 1 is 1.57 bits per heavy atom. The first kappa shape index (κ1) is 15.8. The van der Waals surface area contributed by atoms with Gasteiger partial charge in [0.15, 0.2) is 0 Å². The highest BCUT2D eigenvalue weighted by atomic mass is 35.5. The van der Waals surface area contributed by atoms with Gasteiger partial charge < -0.3 is 5.32 Å². The quantitative estimate of drug-likeness (QED) is 0.524. The molecule has 0 amide bonds. The molecule has 0 unspecified atom stereocenters. The second kappa shape index (κ2) is 6.45. The third-order valence-corrected chi connectivity index (χ3v) is 4.08. The molecule has 0 bridgehead atoms. The van der Waals surface area contributed by atoms with Gasteiger partial charge in [0, 0.05) is 42.3 Å². The van der Waals surface area contributed by atoms with Gasteiger partial charge in [-0.2, -0.15) is 0 Å². The van der Waals surface area contributed by atoms with Crippen LogP contribution >= 0.6 is 11.6 Å². The summed E-state index contributed by atoms with van der Waals surface area (Å²) in [5.41, 5.74) is 2.70. The molecule has 0 fully saturated rings. The fraction of sp³-hybridized carbons (Fsp3) is 0.467. The van der Waals surface area contributed by atoms with E-state index < -0.39 is 0 Å². The van der Waals surface area contributed by atoms with Crippen LogP contribution in [0.4, 0.5) is 11.4 Å². The van der Waals surface area contributed by atoms with E-state index in [-0.39, 0.29) is 16.7 Å². The maximum absolute atomic E-state index is 11.2. The summed E-state index contributed by atoms with van der Waals surface area (Å²) in [6.45, 7) is 8.30. The van der Waals surface area contributed by atoms with E-state index in [0.717, 1.165) is 12.1 Å². The minimum Gasteiger partial charge on any atom is -0.378 e. The highest BCUT2D eigenvalue weighted by Gasteiger charge is 2.26. The second-order valence-electron chi connectivity index (χ2n) is 5.62. The average Bonchev–Trinajstić information content (AvgIpc) is 2.57. The molecule has 1 atom stereocenters. The largest absolute Gasteiger partial charge is 0.378 e. The zero-order chi connectivity index (χ0) is 15.6. The summed E-state index contributed by atoms with van der Waals surface area (Å²) >= 11 is 6.26. The predicted molar refractivity (Wildman–Crippen MR) is 85.9 cm³/mol. The smallest absolute Gasteiger partial charge is 0.292 e. The summed E-state index contributed by atoms with van der Waals surface area (Å²) in [4.78, 5) is 13.1. The summed E-state index contributed by atoms with van der Waals surface area (Å²) in [5.74, 6) is 0. The zero-order valence-electron chi connectivity index (χ0n) is 12.5. The molecule has 6 heteroatoms. The molecule has 1 aliphatic rings. The fourth-order valence-corrected chi connectivity index (χ4v) is 2.61. The first-order valence-corrected chi connectivity index (χ1v) is 7.35. The monoisotopic (exact) mass is 309 g/mol. The lowest BCUT2D eigenvalue weighted by Gasteiger charge is -2.25. The van der Waals surface area contributed by atoms with Crippen LogP contribution in [0.5, 0.6) is 0 Å². The number of allylic oxidation sites excluding steroid dienone is 1. The average molecular weight is 310 g/mol. The molecule has 5 nitrogen and oxygen atoms in total. The first-order valence-electron chi connectivity index (χ1n) is 6.97. The van der Waals surface area contributed by atoms with Crippen LogP contribution in [0.15, 0.2) is 23.8 Å². The Balaban J connectivity index is 2.39. The van der Waals surface area contributed by atoms with E-state index >= 15 is 0 Å². The Kier molecular flexibility index (Phi) is 4.85. The summed E-state index contributed by atoms with van der Waals surface area (Å²) in [5, 5.41) is 14.9. The second-order valence-corrected chi connectivity index (χ2v) is 6.03. The van der Waals surface area contributed by atoms with Crippen molar-refractivity contribution >= 4 is 23.0 Å². The normalized spacial score (nSPS) is 18.4. The molecule has 1 aromatic carbocycles. The molecule has 2 rings (SSSR count). The minimum atomic E-state index is -0.363. The number of benzene rings is 1. The summed E-state index contributed by atoms with van der Waals surface area (Å²) < 4.78 is 0. The van der Waals surface area contributed by atoms with E-state index in [1.807, 2.05) is 0 Å². The van der Waals surface area contributed by atoms with E-state index in [1.165, 1.54) is 11.6 Å². The lowest BCUT2D eigenvalue weighted by molar-refractivity contribution is -0.384. The molecule has 114 valence electrons. The third-order valence-electron chi connectivity index (χ3n) is 3.72. The van der Waals surface area contributed by atoms with Gasteiger partial charge in [-0.15, -0.1) is 0 Å². The number of nitrogens with zero attached hydrogens (tertiary/aromatic N) is 2. The molecule has 1 N–H and O–H groups in total. The Labute approximate surface area is 129 Å². The molecule has 1 aliphatic heterocycles. The maximum atomic E-state index is 11.2. The number of anilines is 1. The number of nitro benzene ring substituents is 1. The van der Waals surface area contributed by atoms with Gasteiger partial charge in [-0.1, -0.05) is 23.3 Å². The van der Waals surface area contributed by atoms with E-state index in [1.54, 1.807) is 6.07 Å². The first-order chi connectivity index (χ1) is 9.90. The highest BCUT2D eigenvalue weighted by molar-refractivity contribution is 6.32. The van der Waals surface area contributed by atoms with Crippen molar-refractivity contribution in [2.75, 3.05) is 18.4 Å². The lowest BCUT2D eigenvalue weighted by Crippen LogP contribution is -2.35. The number of halogens is 1. The van der Waals surface area contributed by atoms with Crippen LogP contribution in [0.2, 0.25) is 5.02 Å². The van der Waals surface area contributed by atoms with Gasteiger partial charge in [-0.05, 0) is 26.8 Å². The summed E-state index contributed by atoms with van der Waals surface area (Å²) in [7, 11) is 0. The van der Waals surface area contributed by atoms with Crippen LogP contribution in [0.1, 0.15) is 26.3 Å². The van der Waals surface area contributed by atoms with Crippen LogP contribution < -0.4 is 5.32 Å². The molecule has 0 saturated carbocycles. The highest BCUT2D eigenvalue weighted by Crippen LogP contribution is 2.36. The maximum Gasteiger partial charge on any atom is 0.292 e. The molecular formula is C15H20ClN3O2. The van der Waals surface area contributed by atoms with Crippen molar-refractivity contribution in [3.8, 4) is 0 Å². The Morgan fingerprint density at radius 3 is 2.90 bits per heavy atom. The molecule has 0 saturated heterocycles. The standard InChI is InChI=1S/C15H20ClN3O2/c1-10(2)6-7-18-9-12-13(16)4-5-14(19(20)21)15(12)17-8-11(18)3/h4-6,11,17H,7-9H2,1-3H3/t11-/m0/s1. The van der Waals surface area contributed by atoms with Gasteiger partial charge in [-0.25, -0.2) is 0 Å². The van der Waals surface area contributed by atoms with Gasteiger partial charge in [0.25, 0.3) is 5.69 Å². The fourth-order valence-electron chi connectivity index (χ4n) is 2.40. The number of hydrogen-bond acceptors (Lipinski definition) is 4. The minimum absolute atomic E-state index is 0.0886. The number of nitrogens with one attached hydrogen (secondary N) is 1. The number of rotatable bonds is 3. The van der Waals surface area contributed by atoms with Crippen molar-refractivity contribution in [3.05, 3.63) is 44.5 Å². The third kappa shape index (κ3) is 3.54. The van der Waals surface area contributed by atoms with Crippen molar-refractivity contribution in [1.82, 2.24) is 4.90 Å². The molecule has 21 heavy (non-hydrogen) atoms. The van der Waals surface area contributed by atoms with Gasteiger partial charge in [0.05, 0.1) is 4.92 Å². The van der Waals surface area contributed by atoms with E-state index in [2.05, 4.69) is 37.1 Å². The van der Waals surface area contributed by atoms with E-state index in [4.69, 9.17) is 11.6 Å². The molecule has 0 aromatic heterocycles. The van der Waals surface area contributed by atoms with Crippen LogP contribution in [-0.2, 0) is 6.54 Å². The van der Waals surface area contributed by atoms with Crippen molar-refractivity contribution < 1.29 is 4.92 Å². The van der Waals surface area contributed by atoms with Gasteiger partial charge in [-0.3, -0.25) is 15.0 Å². The van der Waals surface area contributed by atoms with Crippen molar-refractivity contribution in [3.63, 3.8) is 0 Å². The van der Waals surface area contributed by atoms with Crippen LogP contribution in [0, 0.1) is 10.1 Å². The molecular weight excluding hydrogens is 290 g/mol. The van der Waals surface area contributed by atoms with Crippen LogP contribution in [0.25, 0.3) is 0 Å².